The lowest BCUT2D eigenvalue weighted by Gasteiger charge is -2.05. The van der Waals surface area contributed by atoms with Gasteiger partial charge in [0.2, 0.25) is 0 Å². The molecule has 1 aromatic carbocycles. The maximum atomic E-state index is 10.9. The predicted octanol–water partition coefficient (Wildman–Crippen LogP) is 1.40. The second kappa shape index (κ2) is 5.24. The van der Waals surface area contributed by atoms with Gasteiger partial charge in [0.15, 0.2) is 0 Å². The van der Waals surface area contributed by atoms with Gasteiger partial charge in [-0.2, -0.15) is 0 Å². The number of methoxy groups -OCH3 is 1. The van der Waals surface area contributed by atoms with Crippen LogP contribution in [0.25, 0.3) is 0 Å². The normalized spacial score (nSPS) is 9.57. The molecule has 0 atom stereocenters. The van der Waals surface area contributed by atoms with Crippen LogP contribution in [0.15, 0.2) is 24.3 Å². The highest BCUT2D eigenvalue weighted by Gasteiger charge is 2.00. The number of nitrogens with one attached hydrogen (secondary N) is 1. The van der Waals surface area contributed by atoms with Crippen LogP contribution in [-0.2, 0) is 11.2 Å². The summed E-state index contributed by atoms with van der Waals surface area (Å²) < 4.78 is 4.45. The Labute approximate surface area is 82.5 Å². The third-order valence-corrected chi connectivity index (χ3v) is 1.76. The lowest BCUT2D eigenvalue weighted by atomic mass is 10.1. The number of carbonyl (C=O) groups excluding carboxylic acids is 1. The summed E-state index contributed by atoms with van der Waals surface area (Å²) in [7, 11) is 1.31. The van der Waals surface area contributed by atoms with Crippen molar-refractivity contribution < 1.29 is 14.6 Å². The Morgan fingerprint density at radius 3 is 3.00 bits per heavy atom. The molecule has 14 heavy (non-hydrogen) atoms. The van der Waals surface area contributed by atoms with Crippen molar-refractivity contribution in [3.05, 3.63) is 29.8 Å². The summed E-state index contributed by atoms with van der Waals surface area (Å²) in [5.74, 6) is 0. The molecule has 0 fully saturated rings. The Balaban J connectivity index is 2.68. The number of aliphatic hydroxyl groups is 1. The van der Waals surface area contributed by atoms with Gasteiger partial charge in [-0.15, -0.1) is 0 Å². The second-order valence-corrected chi connectivity index (χ2v) is 2.79. The molecule has 1 aromatic rings. The van der Waals surface area contributed by atoms with Gasteiger partial charge in [-0.05, 0) is 24.1 Å². The average molecular weight is 195 g/mol. The van der Waals surface area contributed by atoms with Crippen LogP contribution in [0.1, 0.15) is 5.56 Å². The topological polar surface area (TPSA) is 58.6 Å². The molecule has 4 nitrogen and oxygen atoms in total. The third-order valence-electron chi connectivity index (χ3n) is 1.76. The van der Waals surface area contributed by atoms with Gasteiger partial charge in [-0.3, -0.25) is 5.32 Å². The minimum atomic E-state index is -0.494. The lowest BCUT2D eigenvalue weighted by molar-refractivity contribution is 0.187. The molecule has 0 aliphatic heterocycles. The summed E-state index contributed by atoms with van der Waals surface area (Å²) >= 11 is 0. The third kappa shape index (κ3) is 3.06. The smallest absolute Gasteiger partial charge is 0.411 e. The van der Waals surface area contributed by atoms with Crippen LogP contribution in [0.4, 0.5) is 10.5 Å². The van der Waals surface area contributed by atoms with E-state index in [0.717, 1.165) is 5.56 Å². The number of ether oxygens (including phenoxy) is 1. The summed E-state index contributed by atoms with van der Waals surface area (Å²) in [5, 5.41) is 11.3. The van der Waals surface area contributed by atoms with Gasteiger partial charge in [-0.1, -0.05) is 12.1 Å². The molecule has 0 aromatic heterocycles. The molecule has 1 rings (SSSR count). The number of carbonyl (C=O) groups is 1. The number of aliphatic hydroxyl groups excluding tert-OH is 1. The van der Waals surface area contributed by atoms with Crippen molar-refractivity contribution in [2.45, 2.75) is 6.42 Å². The molecule has 0 radical (unpaired) electrons. The molecule has 0 spiro atoms. The molecule has 0 saturated heterocycles. The molecule has 0 unspecified atom stereocenters. The first-order chi connectivity index (χ1) is 6.76. The first kappa shape index (κ1) is 10.5. The Morgan fingerprint density at radius 1 is 1.57 bits per heavy atom. The first-order valence-corrected chi connectivity index (χ1v) is 4.31. The number of amides is 1. The van der Waals surface area contributed by atoms with Gasteiger partial charge in [0.05, 0.1) is 7.11 Å². The molecular weight excluding hydrogens is 182 g/mol. The van der Waals surface area contributed by atoms with E-state index in [9.17, 15) is 4.79 Å². The zero-order chi connectivity index (χ0) is 10.4. The lowest BCUT2D eigenvalue weighted by Crippen LogP contribution is -2.11. The van der Waals surface area contributed by atoms with Crippen molar-refractivity contribution in [3.8, 4) is 0 Å². The fourth-order valence-corrected chi connectivity index (χ4v) is 1.10. The number of hydrogen-bond donors (Lipinski definition) is 2. The Hall–Kier alpha value is -1.55. The fraction of sp³-hybridized carbons (Fsp3) is 0.300. The van der Waals surface area contributed by atoms with Gasteiger partial charge in [0, 0.05) is 12.3 Å². The largest absolute Gasteiger partial charge is 0.453 e. The average Bonchev–Trinajstić information content (AvgIpc) is 2.19. The number of hydrogen-bond acceptors (Lipinski definition) is 3. The van der Waals surface area contributed by atoms with Gasteiger partial charge in [0.25, 0.3) is 0 Å². The van der Waals surface area contributed by atoms with Crippen LogP contribution in [0.2, 0.25) is 0 Å². The molecule has 0 aliphatic rings. The quantitative estimate of drug-likeness (QED) is 0.766. The molecule has 0 saturated carbocycles. The summed E-state index contributed by atoms with van der Waals surface area (Å²) in [6, 6.07) is 7.26. The molecule has 4 heteroatoms. The van der Waals surface area contributed by atoms with E-state index in [1.54, 1.807) is 12.1 Å². The number of rotatable bonds is 3. The van der Waals surface area contributed by atoms with Crippen molar-refractivity contribution >= 4 is 11.8 Å². The maximum absolute atomic E-state index is 10.9. The standard InChI is InChI=1S/C10H13NO3/c1-14-10(13)11-9-4-2-3-8(7-9)5-6-12/h2-4,7,12H,5-6H2,1H3,(H,11,13). The molecule has 2 N–H and O–H groups in total. The molecule has 0 aliphatic carbocycles. The zero-order valence-electron chi connectivity index (χ0n) is 7.99. The monoisotopic (exact) mass is 195 g/mol. The van der Waals surface area contributed by atoms with Crippen molar-refractivity contribution in [3.63, 3.8) is 0 Å². The van der Waals surface area contributed by atoms with E-state index in [2.05, 4.69) is 10.1 Å². The van der Waals surface area contributed by atoms with E-state index < -0.39 is 6.09 Å². The van der Waals surface area contributed by atoms with E-state index in [4.69, 9.17) is 5.11 Å². The SMILES string of the molecule is COC(=O)Nc1cccc(CCO)c1. The Kier molecular flexibility index (Phi) is 3.94. The van der Waals surface area contributed by atoms with Crippen LogP contribution < -0.4 is 5.32 Å². The Morgan fingerprint density at radius 2 is 2.36 bits per heavy atom. The van der Waals surface area contributed by atoms with Crippen molar-refractivity contribution in [2.24, 2.45) is 0 Å². The highest BCUT2D eigenvalue weighted by Crippen LogP contribution is 2.11. The molecule has 76 valence electrons. The van der Waals surface area contributed by atoms with Crippen LogP contribution in [-0.4, -0.2) is 24.9 Å². The van der Waals surface area contributed by atoms with Gasteiger partial charge in [0.1, 0.15) is 0 Å². The fourth-order valence-electron chi connectivity index (χ4n) is 1.10. The van der Waals surface area contributed by atoms with Crippen LogP contribution in [0, 0.1) is 0 Å². The summed E-state index contributed by atoms with van der Waals surface area (Å²) in [5.41, 5.74) is 1.64. The van der Waals surface area contributed by atoms with E-state index in [-0.39, 0.29) is 6.61 Å². The highest BCUT2D eigenvalue weighted by molar-refractivity contribution is 5.84. The summed E-state index contributed by atoms with van der Waals surface area (Å²) in [6.45, 7) is 0.0989. The van der Waals surface area contributed by atoms with Gasteiger partial charge >= 0.3 is 6.09 Å². The van der Waals surface area contributed by atoms with Crippen LogP contribution in [0.3, 0.4) is 0 Å². The predicted molar refractivity (Wildman–Crippen MR) is 53.3 cm³/mol. The summed E-state index contributed by atoms with van der Waals surface area (Å²) in [4.78, 5) is 10.9. The van der Waals surface area contributed by atoms with Crippen molar-refractivity contribution in [1.29, 1.82) is 0 Å². The first-order valence-electron chi connectivity index (χ1n) is 4.31. The van der Waals surface area contributed by atoms with Crippen LogP contribution >= 0.6 is 0 Å². The maximum Gasteiger partial charge on any atom is 0.411 e. The van der Waals surface area contributed by atoms with Gasteiger partial charge < -0.3 is 9.84 Å². The van der Waals surface area contributed by atoms with E-state index in [0.29, 0.717) is 12.1 Å². The number of benzene rings is 1. The number of anilines is 1. The molecule has 1 amide bonds. The van der Waals surface area contributed by atoms with Crippen molar-refractivity contribution in [2.75, 3.05) is 19.0 Å². The van der Waals surface area contributed by atoms with E-state index in [1.165, 1.54) is 7.11 Å². The van der Waals surface area contributed by atoms with Gasteiger partial charge in [-0.25, -0.2) is 4.79 Å². The molecule has 0 heterocycles. The van der Waals surface area contributed by atoms with Crippen LogP contribution in [0.5, 0.6) is 0 Å². The summed E-state index contributed by atoms with van der Waals surface area (Å²) in [6.07, 6.45) is 0.0857. The minimum Gasteiger partial charge on any atom is -0.453 e. The molecular formula is C10H13NO3. The minimum absolute atomic E-state index is 0.0989. The second-order valence-electron chi connectivity index (χ2n) is 2.79. The van der Waals surface area contributed by atoms with E-state index in [1.807, 2.05) is 12.1 Å². The Bertz CT molecular complexity index is 312. The highest BCUT2D eigenvalue weighted by atomic mass is 16.5. The van der Waals surface area contributed by atoms with E-state index >= 15 is 0 Å². The van der Waals surface area contributed by atoms with Crippen molar-refractivity contribution in [1.82, 2.24) is 0 Å². The zero-order valence-corrected chi connectivity index (χ0v) is 7.99. The molecule has 0 bridgehead atoms.